The summed E-state index contributed by atoms with van der Waals surface area (Å²) >= 11 is 0. The molecule has 0 spiro atoms. The van der Waals surface area contributed by atoms with Crippen molar-refractivity contribution < 1.29 is 4.79 Å². The molecular formula is C18H24O. The monoisotopic (exact) mass is 256 g/mol. The Hall–Kier alpha value is -1.11. The predicted octanol–water partition coefficient (Wildman–Crippen LogP) is 4.65. The zero-order valence-electron chi connectivity index (χ0n) is 11.7. The van der Waals surface area contributed by atoms with Crippen molar-refractivity contribution in [3.8, 4) is 0 Å². The van der Waals surface area contributed by atoms with Gasteiger partial charge in [0.2, 0.25) is 0 Å². The van der Waals surface area contributed by atoms with Crippen molar-refractivity contribution in [3.63, 3.8) is 0 Å². The molecule has 2 aliphatic carbocycles. The van der Waals surface area contributed by atoms with Gasteiger partial charge in [-0.1, -0.05) is 62.4 Å². The molecule has 102 valence electrons. The minimum Gasteiger partial charge on any atom is -0.299 e. The van der Waals surface area contributed by atoms with Gasteiger partial charge in [-0.15, -0.1) is 0 Å². The lowest BCUT2D eigenvalue weighted by Gasteiger charge is -2.36. The molecule has 19 heavy (non-hydrogen) atoms. The third-order valence-electron chi connectivity index (χ3n) is 5.04. The van der Waals surface area contributed by atoms with Crippen LogP contribution in [0.25, 0.3) is 0 Å². The van der Waals surface area contributed by atoms with E-state index in [1.54, 1.807) is 0 Å². The first-order valence-corrected chi connectivity index (χ1v) is 7.90. The molecule has 0 heterocycles. The Morgan fingerprint density at radius 3 is 2.37 bits per heavy atom. The van der Waals surface area contributed by atoms with Gasteiger partial charge in [0.15, 0.2) is 0 Å². The van der Waals surface area contributed by atoms with E-state index in [-0.39, 0.29) is 5.41 Å². The Balaban J connectivity index is 1.80. The summed E-state index contributed by atoms with van der Waals surface area (Å²) in [5, 5.41) is 0. The molecule has 3 rings (SSSR count). The fraction of sp³-hybridized carbons (Fsp3) is 0.611. The highest BCUT2D eigenvalue weighted by Gasteiger charge is 2.40. The number of Topliss-reactive ketones (excluding diaryl/α,β-unsaturated/α-hetero) is 1. The lowest BCUT2D eigenvalue weighted by atomic mass is 9.66. The second kappa shape index (κ2) is 5.48. The van der Waals surface area contributed by atoms with Crippen molar-refractivity contribution >= 4 is 5.78 Å². The van der Waals surface area contributed by atoms with Gasteiger partial charge < -0.3 is 0 Å². The average Bonchev–Trinajstić information content (AvgIpc) is 3.30. The Kier molecular flexibility index (Phi) is 3.72. The quantitative estimate of drug-likeness (QED) is 0.749. The molecule has 2 saturated carbocycles. The van der Waals surface area contributed by atoms with E-state index in [0.717, 1.165) is 31.6 Å². The van der Waals surface area contributed by atoms with E-state index in [2.05, 4.69) is 30.3 Å². The molecule has 0 amide bonds. The normalized spacial score (nSPS) is 22.1. The summed E-state index contributed by atoms with van der Waals surface area (Å²) in [6.45, 7) is 0. The van der Waals surface area contributed by atoms with Crippen LogP contribution in [0.4, 0.5) is 0 Å². The Bertz CT molecular complexity index is 424. The van der Waals surface area contributed by atoms with Gasteiger partial charge >= 0.3 is 0 Å². The largest absolute Gasteiger partial charge is 0.299 e. The molecule has 1 aromatic carbocycles. The van der Waals surface area contributed by atoms with Crippen LogP contribution in [0, 0.1) is 5.92 Å². The van der Waals surface area contributed by atoms with E-state index in [0.29, 0.717) is 5.78 Å². The van der Waals surface area contributed by atoms with Crippen molar-refractivity contribution in [1.82, 2.24) is 0 Å². The van der Waals surface area contributed by atoms with E-state index in [4.69, 9.17) is 0 Å². The molecule has 2 aliphatic rings. The van der Waals surface area contributed by atoms with Crippen molar-refractivity contribution in [3.05, 3.63) is 35.9 Å². The summed E-state index contributed by atoms with van der Waals surface area (Å²) in [4.78, 5) is 12.9. The number of hydrogen-bond acceptors (Lipinski definition) is 1. The number of rotatable bonds is 5. The maximum Gasteiger partial charge on any atom is 0.143 e. The van der Waals surface area contributed by atoms with Gasteiger partial charge in [-0.3, -0.25) is 4.79 Å². The van der Waals surface area contributed by atoms with Crippen LogP contribution < -0.4 is 0 Å². The molecule has 0 aliphatic heterocycles. The molecule has 0 aromatic heterocycles. The molecule has 0 N–H and O–H groups in total. The van der Waals surface area contributed by atoms with Crippen molar-refractivity contribution in [2.45, 2.75) is 63.2 Å². The van der Waals surface area contributed by atoms with Crippen LogP contribution in [0.5, 0.6) is 0 Å². The van der Waals surface area contributed by atoms with E-state index >= 15 is 0 Å². The van der Waals surface area contributed by atoms with E-state index in [9.17, 15) is 4.79 Å². The zero-order chi connectivity index (χ0) is 13.1. The van der Waals surface area contributed by atoms with Crippen LogP contribution >= 0.6 is 0 Å². The number of carbonyl (C=O) groups is 1. The second-order valence-corrected chi connectivity index (χ2v) is 6.41. The summed E-state index contributed by atoms with van der Waals surface area (Å²) in [5.41, 5.74) is 1.13. The molecular weight excluding hydrogens is 232 g/mol. The fourth-order valence-electron chi connectivity index (χ4n) is 3.62. The highest BCUT2D eigenvalue weighted by atomic mass is 16.1. The van der Waals surface area contributed by atoms with E-state index in [1.807, 2.05) is 0 Å². The van der Waals surface area contributed by atoms with Crippen molar-refractivity contribution in [1.29, 1.82) is 0 Å². The maximum atomic E-state index is 12.9. The Morgan fingerprint density at radius 2 is 1.74 bits per heavy atom. The SMILES string of the molecule is O=C(CCC1CC1)C1(c2ccccc2)CCCCC1. The maximum absolute atomic E-state index is 12.9. The smallest absolute Gasteiger partial charge is 0.143 e. The number of benzene rings is 1. The number of carbonyl (C=O) groups excluding carboxylic acids is 1. The zero-order valence-corrected chi connectivity index (χ0v) is 11.7. The third kappa shape index (κ3) is 2.75. The van der Waals surface area contributed by atoms with Gasteiger partial charge in [0.1, 0.15) is 5.78 Å². The van der Waals surface area contributed by atoms with Crippen molar-refractivity contribution in [2.24, 2.45) is 5.92 Å². The lowest BCUT2D eigenvalue weighted by Crippen LogP contribution is -2.38. The van der Waals surface area contributed by atoms with Gasteiger partial charge in [-0.2, -0.15) is 0 Å². The molecule has 2 fully saturated rings. The summed E-state index contributed by atoms with van der Waals surface area (Å²) in [6, 6.07) is 10.6. The highest BCUT2D eigenvalue weighted by molar-refractivity contribution is 5.90. The molecule has 1 aromatic rings. The third-order valence-corrected chi connectivity index (χ3v) is 5.04. The standard InChI is InChI=1S/C18H24O/c19-17(12-11-15-9-10-15)18(13-5-2-6-14-18)16-7-3-1-4-8-16/h1,3-4,7-8,15H,2,5-6,9-14H2. The molecule has 0 bridgehead atoms. The molecule has 1 nitrogen and oxygen atoms in total. The van der Waals surface area contributed by atoms with Gasteiger partial charge in [-0.05, 0) is 30.7 Å². The van der Waals surface area contributed by atoms with Crippen LogP contribution in [-0.2, 0) is 10.2 Å². The summed E-state index contributed by atoms with van der Waals surface area (Å²) in [6.07, 6.45) is 10.5. The van der Waals surface area contributed by atoms with Gasteiger partial charge in [0.25, 0.3) is 0 Å². The first kappa shape index (κ1) is 12.9. The minimum absolute atomic E-state index is 0.144. The van der Waals surface area contributed by atoms with Crippen molar-refractivity contribution in [2.75, 3.05) is 0 Å². The van der Waals surface area contributed by atoms with E-state index < -0.39 is 0 Å². The Morgan fingerprint density at radius 1 is 1.05 bits per heavy atom. The second-order valence-electron chi connectivity index (χ2n) is 6.41. The Labute approximate surface area is 116 Å². The number of ketones is 1. The summed E-state index contributed by atoms with van der Waals surface area (Å²) in [5.74, 6) is 1.38. The topological polar surface area (TPSA) is 17.1 Å². The molecule has 1 heteroatoms. The van der Waals surface area contributed by atoms with Gasteiger partial charge in [-0.25, -0.2) is 0 Å². The van der Waals surface area contributed by atoms with Crippen LogP contribution in [0.2, 0.25) is 0 Å². The minimum atomic E-state index is -0.144. The average molecular weight is 256 g/mol. The molecule has 0 saturated heterocycles. The van der Waals surface area contributed by atoms with Crippen LogP contribution in [0.3, 0.4) is 0 Å². The van der Waals surface area contributed by atoms with Gasteiger partial charge in [0.05, 0.1) is 5.41 Å². The predicted molar refractivity (Wildman–Crippen MR) is 78.2 cm³/mol. The highest BCUT2D eigenvalue weighted by Crippen LogP contribution is 2.42. The summed E-state index contributed by atoms with van der Waals surface area (Å²) in [7, 11) is 0. The lowest BCUT2D eigenvalue weighted by molar-refractivity contribution is -0.126. The van der Waals surface area contributed by atoms with Crippen LogP contribution in [-0.4, -0.2) is 5.78 Å². The van der Waals surface area contributed by atoms with Crippen LogP contribution in [0.1, 0.15) is 63.4 Å². The fourth-order valence-corrected chi connectivity index (χ4v) is 3.62. The molecule has 0 radical (unpaired) electrons. The van der Waals surface area contributed by atoms with E-state index in [1.165, 1.54) is 37.7 Å². The summed E-state index contributed by atoms with van der Waals surface area (Å²) < 4.78 is 0. The number of hydrogen-bond donors (Lipinski definition) is 0. The van der Waals surface area contributed by atoms with Crippen LogP contribution in [0.15, 0.2) is 30.3 Å². The first-order chi connectivity index (χ1) is 9.31. The first-order valence-electron chi connectivity index (χ1n) is 7.90. The molecule has 0 atom stereocenters. The molecule has 0 unspecified atom stereocenters. The van der Waals surface area contributed by atoms with Gasteiger partial charge in [0, 0.05) is 6.42 Å².